The van der Waals surface area contributed by atoms with Gasteiger partial charge in [-0.3, -0.25) is 4.99 Å². The van der Waals surface area contributed by atoms with E-state index in [1.165, 1.54) is 19.9 Å². The van der Waals surface area contributed by atoms with Crippen molar-refractivity contribution in [3.05, 3.63) is 29.3 Å². The van der Waals surface area contributed by atoms with Gasteiger partial charge in [0.1, 0.15) is 4.08 Å². The SMILES string of the molecule is C[C@@H]1[C@@](C)(S(C)(=O)=O)SC(N)=N[C@]1(C)c1cc(N)cc(F)c1F. The van der Waals surface area contributed by atoms with Crippen LogP contribution in [0.3, 0.4) is 0 Å². The normalized spacial score (nSPS) is 31.7. The van der Waals surface area contributed by atoms with Crippen LogP contribution in [0.5, 0.6) is 0 Å². The number of rotatable bonds is 2. The van der Waals surface area contributed by atoms with Gasteiger partial charge >= 0.3 is 0 Å². The average molecular weight is 363 g/mol. The fourth-order valence-corrected chi connectivity index (χ4v) is 5.61. The molecule has 4 N–H and O–H groups in total. The Labute approximate surface area is 138 Å². The Morgan fingerprint density at radius 3 is 2.35 bits per heavy atom. The van der Waals surface area contributed by atoms with Gasteiger partial charge in [-0.05, 0) is 26.0 Å². The van der Waals surface area contributed by atoms with Crippen LogP contribution in [0.15, 0.2) is 17.1 Å². The van der Waals surface area contributed by atoms with E-state index in [4.69, 9.17) is 11.5 Å². The molecule has 1 aromatic rings. The number of aliphatic imine (C=N–C) groups is 1. The van der Waals surface area contributed by atoms with Gasteiger partial charge in [0.15, 0.2) is 26.6 Å². The third-order valence-corrected chi connectivity index (χ3v) is 8.66. The van der Waals surface area contributed by atoms with Crippen LogP contribution in [-0.4, -0.2) is 23.9 Å². The van der Waals surface area contributed by atoms with Crippen LogP contribution in [0.4, 0.5) is 14.5 Å². The molecule has 5 nitrogen and oxygen atoms in total. The van der Waals surface area contributed by atoms with E-state index >= 15 is 0 Å². The number of anilines is 1. The zero-order chi connectivity index (χ0) is 17.8. The first kappa shape index (κ1) is 18.0. The highest BCUT2D eigenvalue weighted by molar-refractivity contribution is 8.23. The zero-order valence-corrected chi connectivity index (χ0v) is 14.9. The van der Waals surface area contributed by atoms with E-state index < -0.39 is 37.0 Å². The molecule has 2 rings (SSSR count). The Morgan fingerprint density at radius 1 is 1.26 bits per heavy atom. The van der Waals surface area contributed by atoms with Gasteiger partial charge in [-0.2, -0.15) is 0 Å². The van der Waals surface area contributed by atoms with Gasteiger partial charge in [0, 0.05) is 23.4 Å². The van der Waals surface area contributed by atoms with Gasteiger partial charge in [0.25, 0.3) is 0 Å². The van der Waals surface area contributed by atoms with Crippen molar-refractivity contribution in [1.29, 1.82) is 0 Å². The van der Waals surface area contributed by atoms with Crippen molar-refractivity contribution < 1.29 is 17.2 Å². The molecule has 0 radical (unpaired) electrons. The smallest absolute Gasteiger partial charge is 0.164 e. The van der Waals surface area contributed by atoms with Crippen LogP contribution >= 0.6 is 11.8 Å². The highest BCUT2D eigenvalue weighted by Crippen LogP contribution is 2.52. The number of nitrogens with zero attached hydrogens (tertiary/aromatic N) is 1. The molecule has 0 bridgehead atoms. The highest BCUT2D eigenvalue weighted by Gasteiger charge is 2.55. The van der Waals surface area contributed by atoms with Crippen molar-refractivity contribution in [2.24, 2.45) is 16.6 Å². The van der Waals surface area contributed by atoms with Crippen LogP contribution in [0, 0.1) is 17.6 Å². The largest absolute Gasteiger partial charge is 0.399 e. The zero-order valence-electron chi connectivity index (χ0n) is 13.2. The summed E-state index contributed by atoms with van der Waals surface area (Å²) >= 11 is 0.907. The van der Waals surface area contributed by atoms with Crippen LogP contribution in [0.1, 0.15) is 26.3 Å². The number of hydrogen-bond acceptors (Lipinski definition) is 6. The van der Waals surface area contributed by atoms with Crippen molar-refractivity contribution >= 4 is 32.5 Å². The van der Waals surface area contributed by atoms with Crippen molar-refractivity contribution in [3.63, 3.8) is 0 Å². The number of thioether (sulfide) groups is 1. The number of amidine groups is 1. The molecule has 1 heterocycles. The maximum absolute atomic E-state index is 14.4. The molecule has 0 aromatic heterocycles. The Hall–Kier alpha value is -1.35. The number of nitrogens with two attached hydrogens (primary N) is 2. The van der Waals surface area contributed by atoms with Crippen molar-refractivity contribution in [3.8, 4) is 0 Å². The fourth-order valence-electron chi connectivity index (χ4n) is 2.82. The van der Waals surface area contributed by atoms with E-state index in [0.717, 1.165) is 24.1 Å². The summed E-state index contributed by atoms with van der Waals surface area (Å²) in [6.07, 6.45) is 1.09. The lowest BCUT2D eigenvalue weighted by molar-refractivity contribution is 0.289. The molecule has 0 unspecified atom stereocenters. The third kappa shape index (κ3) is 2.69. The molecular formula is C14H19F2N3O2S2. The summed E-state index contributed by atoms with van der Waals surface area (Å²) in [6.45, 7) is 4.67. The molecule has 3 atom stereocenters. The van der Waals surface area contributed by atoms with E-state index in [1.54, 1.807) is 6.92 Å². The lowest BCUT2D eigenvalue weighted by Gasteiger charge is -2.46. The molecule has 0 saturated heterocycles. The van der Waals surface area contributed by atoms with Crippen LogP contribution < -0.4 is 11.5 Å². The molecule has 1 aliphatic rings. The molecule has 23 heavy (non-hydrogen) atoms. The van der Waals surface area contributed by atoms with Crippen molar-refractivity contribution in [1.82, 2.24) is 0 Å². The Kier molecular flexibility index (Phi) is 4.18. The molecule has 1 aliphatic heterocycles. The summed E-state index contributed by atoms with van der Waals surface area (Å²) in [4.78, 5) is 4.25. The Morgan fingerprint density at radius 2 is 1.83 bits per heavy atom. The summed E-state index contributed by atoms with van der Waals surface area (Å²) < 4.78 is 51.3. The van der Waals surface area contributed by atoms with Gasteiger partial charge in [-0.1, -0.05) is 18.7 Å². The minimum atomic E-state index is -3.56. The molecule has 0 amide bonds. The van der Waals surface area contributed by atoms with Gasteiger partial charge in [0.2, 0.25) is 0 Å². The minimum absolute atomic E-state index is 0.000702. The molecule has 0 fully saturated rings. The molecule has 128 valence electrons. The van der Waals surface area contributed by atoms with Crippen LogP contribution in [0.2, 0.25) is 0 Å². The lowest BCUT2D eigenvalue weighted by atomic mass is 9.78. The number of benzene rings is 1. The number of hydrogen-bond donors (Lipinski definition) is 2. The number of sulfone groups is 1. The first-order valence-corrected chi connectivity index (χ1v) is 9.52. The van der Waals surface area contributed by atoms with Crippen LogP contribution in [-0.2, 0) is 15.4 Å². The molecular weight excluding hydrogens is 344 g/mol. The lowest BCUT2D eigenvalue weighted by Crippen LogP contribution is -2.52. The van der Waals surface area contributed by atoms with E-state index in [1.807, 2.05) is 0 Å². The first-order chi connectivity index (χ1) is 10.3. The number of halogens is 2. The van der Waals surface area contributed by atoms with Crippen molar-refractivity contribution in [2.45, 2.75) is 30.4 Å². The second kappa shape index (κ2) is 5.34. The standard InChI is InChI=1S/C14H19F2N3O2S2/c1-7-13(2,9-5-8(17)6-10(15)11(9)16)19-12(18)22-14(7,3)23(4,20)21/h5-7H,17H2,1-4H3,(H2,18,19)/t7-,13-,14+/m0/s1. The monoisotopic (exact) mass is 363 g/mol. The highest BCUT2D eigenvalue weighted by atomic mass is 32.3. The predicted octanol–water partition coefficient (Wildman–Crippen LogP) is 2.22. The minimum Gasteiger partial charge on any atom is -0.399 e. The Bertz CT molecular complexity index is 797. The first-order valence-electron chi connectivity index (χ1n) is 6.82. The van der Waals surface area contributed by atoms with Crippen molar-refractivity contribution in [2.75, 3.05) is 12.0 Å². The van der Waals surface area contributed by atoms with E-state index in [2.05, 4.69) is 4.99 Å². The topological polar surface area (TPSA) is 98.5 Å². The van der Waals surface area contributed by atoms with Gasteiger partial charge < -0.3 is 11.5 Å². The van der Waals surface area contributed by atoms with Gasteiger partial charge in [-0.15, -0.1) is 0 Å². The summed E-state index contributed by atoms with van der Waals surface area (Å²) in [5, 5.41) is 0.000702. The van der Waals surface area contributed by atoms with Gasteiger partial charge in [-0.25, -0.2) is 17.2 Å². The molecule has 9 heteroatoms. The summed E-state index contributed by atoms with van der Waals surface area (Å²) in [6, 6.07) is 2.14. The van der Waals surface area contributed by atoms with E-state index in [0.29, 0.717) is 0 Å². The number of nitrogen functional groups attached to an aromatic ring is 1. The fraction of sp³-hybridized carbons (Fsp3) is 0.500. The second-order valence-electron chi connectivity index (χ2n) is 6.07. The second-order valence-corrected chi connectivity index (χ2v) is 10.2. The third-order valence-electron chi connectivity index (χ3n) is 4.61. The predicted molar refractivity (Wildman–Crippen MR) is 89.7 cm³/mol. The molecule has 0 aliphatic carbocycles. The van der Waals surface area contributed by atoms with Gasteiger partial charge in [0.05, 0.1) is 5.54 Å². The summed E-state index contributed by atoms with van der Waals surface area (Å²) in [7, 11) is -3.56. The molecule has 0 spiro atoms. The molecule has 1 aromatic carbocycles. The maximum Gasteiger partial charge on any atom is 0.164 e. The average Bonchev–Trinajstić information content (AvgIpc) is 2.38. The molecule has 0 saturated carbocycles. The maximum atomic E-state index is 14.4. The quantitative estimate of drug-likeness (QED) is 0.785. The summed E-state index contributed by atoms with van der Waals surface area (Å²) in [5.74, 6) is -2.90. The van der Waals surface area contributed by atoms with Crippen LogP contribution in [0.25, 0.3) is 0 Å². The Balaban J connectivity index is 2.77. The van der Waals surface area contributed by atoms with E-state index in [9.17, 15) is 17.2 Å². The summed E-state index contributed by atoms with van der Waals surface area (Å²) in [5.41, 5.74) is 9.98. The van der Waals surface area contributed by atoms with E-state index in [-0.39, 0.29) is 16.4 Å².